The van der Waals surface area contributed by atoms with E-state index in [1.807, 2.05) is 18.7 Å². The van der Waals surface area contributed by atoms with E-state index in [4.69, 9.17) is 0 Å². The molecule has 0 amide bonds. The summed E-state index contributed by atoms with van der Waals surface area (Å²) in [6, 6.07) is 0.587. The molecule has 0 radical (unpaired) electrons. The summed E-state index contributed by atoms with van der Waals surface area (Å²) in [7, 11) is 0. The van der Waals surface area contributed by atoms with E-state index in [1.165, 1.54) is 12.8 Å². The van der Waals surface area contributed by atoms with Crippen LogP contribution in [-0.4, -0.2) is 22.1 Å². The molecule has 1 unspecified atom stereocenters. The molecule has 0 bridgehead atoms. The highest BCUT2D eigenvalue weighted by Crippen LogP contribution is 2.00. The van der Waals surface area contributed by atoms with Crippen LogP contribution in [0.4, 0.5) is 0 Å². The van der Waals surface area contributed by atoms with Gasteiger partial charge in [0.2, 0.25) is 0 Å². The van der Waals surface area contributed by atoms with Crippen LogP contribution in [0.3, 0.4) is 0 Å². The highest BCUT2D eigenvalue weighted by Gasteiger charge is 2.05. The normalized spacial score (nSPS) is 13.1. The molecule has 1 atom stereocenters. The van der Waals surface area contributed by atoms with Crippen molar-refractivity contribution in [2.75, 3.05) is 6.54 Å². The van der Waals surface area contributed by atoms with Gasteiger partial charge in [-0.05, 0) is 13.0 Å². The maximum Gasteiger partial charge on any atom is 0.0946 e. The second-order valence-corrected chi connectivity index (χ2v) is 3.30. The predicted octanol–water partition coefficient (Wildman–Crippen LogP) is 1.66. The Labute approximate surface area is 80.2 Å². The monoisotopic (exact) mass is 181 g/mol. The Balaban J connectivity index is 2.37. The van der Waals surface area contributed by atoms with E-state index in [0.29, 0.717) is 6.04 Å². The molecule has 1 aromatic heterocycles. The van der Waals surface area contributed by atoms with Gasteiger partial charge in [-0.15, -0.1) is 0 Å². The highest BCUT2D eigenvalue weighted by molar-refractivity contribution is 4.77. The van der Waals surface area contributed by atoms with Crippen LogP contribution >= 0.6 is 0 Å². The fraction of sp³-hybridized carbons (Fsp3) is 0.700. The first kappa shape index (κ1) is 10.3. The summed E-state index contributed by atoms with van der Waals surface area (Å²) in [6.07, 6.45) is 8.17. The maximum atomic E-state index is 4.03. The summed E-state index contributed by atoms with van der Waals surface area (Å²) >= 11 is 0. The molecule has 0 spiro atoms. The minimum atomic E-state index is 0.587. The van der Waals surface area contributed by atoms with Gasteiger partial charge in [-0.2, -0.15) is 0 Å². The van der Waals surface area contributed by atoms with Gasteiger partial charge in [0.05, 0.1) is 6.33 Å². The maximum absolute atomic E-state index is 4.03. The van der Waals surface area contributed by atoms with Crippen LogP contribution in [0.15, 0.2) is 18.7 Å². The van der Waals surface area contributed by atoms with Crippen LogP contribution in [-0.2, 0) is 6.54 Å². The van der Waals surface area contributed by atoms with Crippen molar-refractivity contribution < 1.29 is 0 Å². The van der Waals surface area contributed by atoms with Crippen molar-refractivity contribution in [3.63, 3.8) is 0 Å². The van der Waals surface area contributed by atoms with Crippen molar-refractivity contribution in [1.82, 2.24) is 14.9 Å². The first-order valence-corrected chi connectivity index (χ1v) is 5.06. The molecule has 3 heteroatoms. The zero-order chi connectivity index (χ0) is 9.52. The Hall–Kier alpha value is -0.830. The van der Waals surface area contributed by atoms with E-state index < -0.39 is 0 Å². The molecule has 1 N–H and O–H groups in total. The molecular weight excluding hydrogens is 162 g/mol. The van der Waals surface area contributed by atoms with Crippen molar-refractivity contribution in [2.45, 2.75) is 39.3 Å². The molecule has 74 valence electrons. The number of nitrogens with zero attached hydrogens (tertiary/aromatic N) is 2. The van der Waals surface area contributed by atoms with Crippen LogP contribution in [0.1, 0.15) is 26.7 Å². The molecule has 1 heterocycles. The fourth-order valence-corrected chi connectivity index (χ4v) is 1.54. The lowest BCUT2D eigenvalue weighted by Crippen LogP contribution is -2.32. The lowest BCUT2D eigenvalue weighted by Gasteiger charge is -2.17. The molecule has 3 nitrogen and oxygen atoms in total. The minimum absolute atomic E-state index is 0.587. The first-order valence-electron chi connectivity index (χ1n) is 5.06. The molecule has 0 aliphatic heterocycles. The smallest absolute Gasteiger partial charge is 0.0946 e. The predicted molar refractivity (Wildman–Crippen MR) is 54.6 cm³/mol. The van der Waals surface area contributed by atoms with Crippen molar-refractivity contribution in [3.8, 4) is 0 Å². The van der Waals surface area contributed by atoms with Crippen molar-refractivity contribution in [1.29, 1.82) is 0 Å². The van der Waals surface area contributed by atoms with E-state index >= 15 is 0 Å². The molecular formula is C10H19N3. The minimum Gasteiger partial charge on any atom is -0.336 e. The summed E-state index contributed by atoms with van der Waals surface area (Å²) in [4.78, 5) is 4.03. The molecule has 0 saturated heterocycles. The van der Waals surface area contributed by atoms with Gasteiger partial charge in [-0.25, -0.2) is 4.98 Å². The van der Waals surface area contributed by atoms with E-state index in [1.54, 1.807) is 0 Å². The number of imidazole rings is 1. The largest absolute Gasteiger partial charge is 0.336 e. The Morgan fingerprint density at radius 3 is 2.85 bits per heavy atom. The fourth-order valence-electron chi connectivity index (χ4n) is 1.54. The van der Waals surface area contributed by atoms with Gasteiger partial charge in [0.1, 0.15) is 0 Å². The van der Waals surface area contributed by atoms with E-state index in [9.17, 15) is 0 Å². The molecule has 0 aromatic carbocycles. The third kappa shape index (κ3) is 3.59. The number of rotatable bonds is 6. The van der Waals surface area contributed by atoms with E-state index in [2.05, 4.69) is 28.7 Å². The van der Waals surface area contributed by atoms with Gasteiger partial charge in [-0.1, -0.05) is 20.3 Å². The van der Waals surface area contributed by atoms with Crippen molar-refractivity contribution in [2.24, 2.45) is 0 Å². The number of hydrogen-bond acceptors (Lipinski definition) is 2. The Morgan fingerprint density at radius 2 is 2.31 bits per heavy atom. The van der Waals surface area contributed by atoms with Crippen LogP contribution in [0, 0.1) is 0 Å². The van der Waals surface area contributed by atoms with Crippen LogP contribution in [0.2, 0.25) is 0 Å². The van der Waals surface area contributed by atoms with Gasteiger partial charge >= 0.3 is 0 Å². The van der Waals surface area contributed by atoms with Gasteiger partial charge < -0.3 is 9.88 Å². The van der Waals surface area contributed by atoms with Crippen LogP contribution < -0.4 is 5.32 Å². The quantitative estimate of drug-likeness (QED) is 0.723. The molecule has 0 saturated carbocycles. The molecule has 1 aromatic rings. The number of likely N-dealkylation sites (N-methyl/N-ethyl adjacent to an activating group) is 1. The summed E-state index contributed by atoms with van der Waals surface area (Å²) in [6.45, 7) is 6.44. The summed E-state index contributed by atoms with van der Waals surface area (Å²) in [5.74, 6) is 0. The lowest BCUT2D eigenvalue weighted by atomic mass is 10.1. The van der Waals surface area contributed by atoms with Crippen molar-refractivity contribution in [3.05, 3.63) is 18.7 Å². The average Bonchev–Trinajstić information content (AvgIpc) is 2.58. The summed E-state index contributed by atoms with van der Waals surface area (Å²) in [5, 5.41) is 3.47. The second kappa shape index (κ2) is 5.75. The molecule has 0 aliphatic carbocycles. The summed E-state index contributed by atoms with van der Waals surface area (Å²) in [5.41, 5.74) is 0. The lowest BCUT2D eigenvalue weighted by molar-refractivity contribution is 0.429. The number of nitrogens with one attached hydrogen (secondary N) is 1. The molecule has 13 heavy (non-hydrogen) atoms. The molecule has 1 rings (SSSR count). The van der Waals surface area contributed by atoms with Crippen LogP contribution in [0.5, 0.6) is 0 Å². The third-order valence-electron chi connectivity index (χ3n) is 2.12. The van der Waals surface area contributed by atoms with Crippen LogP contribution in [0.25, 0.3) is 0 Å². The van der Waals surface area contributed by atoms with Crippen molar-refractivity contribution >= 4 is 0 Å². The topological polar surface area (TPSA) is 29.9 Å². The Morgan fingerprint density at radius 1 is 1.46 bits per heavy atom. The average molecular weight is 181 g/mol. The number of aromatic nitrogens is 2. The first-order chi connectivity index (χ1) is 6.36. The van der Waals surface area contributed by atoms with Gasteiger partial charge in [-0.3, -0.25) is 0 Å². The van der Waals surface area contributed by atoms with E-state index in [-0.39, 0.29) is 0 Å². The number of hydrogen-bond donors (Lipinski definition) is 1. The van der Waals surface area contributed by atoms with Gasteiger partial charge in [0, 0.05) is 25.0 Å². The summed E-state index contributed by atoms with van der Waals surface area (Å²) < 4.78 is 2.13. The Bertz CT molecular complexity index is 200. The van der Waals surface area contributed by atoms with Gasteiger partial charge in [0.25, 0.3) is 0 Å². The second-order valence-electron chi connectivity index (χ2n) is 3.30. The molecule has 0 fully saturated rings. The zero-order valence-corrected chi connectivity index (χ0v) is 8.53. The SMILES string of the molecule is CCCC(Cn1ccnc1)NCC. The van der Waals surface area contributed by atoms with Gasteiger partial charge in [0.15, 0.2) is 0 Å². The third-order valence-corrected chi connectivity index (χ3v) is 2.12. The highest BCUT2D eigenvalue weighted by atomic mass is 15.1. The standard InChI is InChI=1S/C10H19N3/c1-3-5-10(12-4-2)8-13-7-6-11-9-13/h6-7,9-10,12H,3-5,8H2,1-2H3. The Kier molecular flexibility index (Phi) is 4.54. The zero-order valence-electron chi connectivity index (χ0n) is 8.53. The van der Waals surface area contributed by atoms with E-state index in [0.717, 1.165) is 13.1 Å². The molecule has 0 aliphatic rings.